The van der Waals surface area contributed by atoms with E-state index in [0.29, 0.717) is 19.1 Å². The van der Waals surface area contributed by atoms with E-state index < -0.39 is 0 Å². The zero-order valence-electron chi connectivity index (χ0n) is 13.1. The summed E-state index contributed by atoms with van der Waals surface area (Å²) in [5.41, 5.74) is 1.20. The maximum atomic E-state index is 12.4. The number of furan rings is 1. The summed E-state index contributed by atoms with van der Waals surface area (Å²) in [6, 6.07) is 4.03. The molecule has 2 aromatic heterocycles. The second-order valence-electron chi connectivity index (χ2n) is 5.91. The van der Waals surface area contributed by atoms with Crippen molar-refractivity contribution in [2.24, 2.45) is 7.05 Å². The van der Waals surface area contributed by atoms with Crippen LogP contribution in [-0.2, 0) is 18.4 Å². The third-order valence-corrected chi connectivity index (χ3v) is 4.21. The van der Waals surface area contributed by atoms with Crippen molar-refractivity contribution in [2.45, 2.75) is 25.4 Å². The molecule has 2 aromatic rings. The molecule has 0 aromatic carbocycles. The van der Waals surface area contributed by atoms with Crippen molar-refractivity contribution in [3.63, 3.8) is 0 Å². The van der Waals surface area contributed by atoms with Crippen LogP contribution in [0.5, 0.6) is 0 Å². The molecule has 0 radical (unpaired) electrons. The van der Waals surface area contributed by atoms with Crippen molar-refractivity contribution in [1.29, 1.82) is 0 Å². The van der Waals surface area contributed by atoms with Gasteiger partial charge in [0.25, 0.3) is 0 Å². The summed E-state index contributed by atoms with van der Waals surface area (Å²) in [4.78, 5) is 16.4. The fourth-order valence-corrected chi connectivity index (χ4v) is 3.02. The lowest BCUT2D eigenvalue weighted by Gasteiger charge is -2.25. The number of rotatable bonds is 5. The number of likely N-dealkylation sites (tertiary alicyclic amines) is 1. The molecule has 0 N–H and O–H groups in total. The average Bonchev–Trinajstić information content (AvgIpc) is 3.20. The van der Waals surface area contributed by atoms with Gasteiger partial charge < -0.3 is 9.32 Å². The van der Waals surface area contributed by atoms with Crippen LogP contribution in [0.2, 0.25) is 0 Å². The van der Waals surface area contributed by atoms with Gasteiger partial charge in [0.15, 0.2) is 0 Å². The normalized spacial score (nSPS) is 18.7. The fraction of sp³-hybridized carbons (Fsp3) is 0.500. The Kier molecular flexibility index (Phi) is 4.29. The number of likely N-dealkylation sites (N-methyl/N-ethyl adjacent to an activating group) is 1. The van der Waals surface area contributed by atoms with Gasteiger partial charge in [-0.15, -0.1) is 0 Å². The maximum Gasteiger partial charge on any atom is 0.236 e. The van der Waals surface area contributed by atoms with Crippen LogP contribution in [-0.4, -0.2) is 45.6 Å². The summed E-state index contributed by atoms with van der Waals surface area (Å²) < 4.78 is 7.12. The Balaban J connectivity index is 1.60. The Bertz CT molecular complexity index is 620. The standard InChI is InChI=1S/C16H22N4O2/c1-18(11-14-5-4-8-22-14)16(21)12-20-7-3-6-15(20)13-9-17-19(2)10-13/h4-5,8-10,15H,3,6-7,11-12H2,1-2H3/t15-/m1/s1. The number of amides is 1. The van der Waals surface area contributed by atoms with Crippen LogP contribution >= 0.6 is 0 Å². The first-order chi connectivity index (χ1) is 10.6. The Hall–Kier alpha value is -2.08. The van der Waals surface area contributed by atoms with Crippen molar-refractivity contribution in [3.05, 3.63) is 42.1 Å². The molecule has 1 amide bonds. The molecule has 22 heavy (non-hydrogen) atoms. The van der Waals surface area contributed by atoms with Crippen molar-refractivity contribution in [2.75, 3.05) is 20.1 Å². The third-order valence-electron chi connectivity index (χ3n) is 4.21. The van der Waals surface area contributed by atoms with Gasteiger partial charge in [-0.1, -0.05) is 0 Å². The zero-order chi connectivity index (χ0) is 15.5. The molecule has 1 aliphatic heterocycles. The quantitative estimate of drug-likeness (QED) is 0.845. The second kappa shape index (κ2) is 6.36. The fourth-order valence-electron chi connectivity index (χ4n) is 3.02. The smallest absolute Gasteiger partial charge is 0.236 e. The highest BCUT2D eigenvalue weighted by Gasteiger charge is 2.29. The second-order valence-corrected chi connectivity index (χ2v) is 5.91. The van der Waals surface area contributed by atoms with Gasteiger partial charge in [-0.2, -0.15) is 5.10 Å². The highest BCUT2D eigenvalue weighted by Crippen LogP contribution is 2.31. The first kappa shape index (κ1) is 14.8. The molecule has 6 heteroatoms. The molecule has 118 valence electrons. The first-order valence-electron chi connectivity index (χ1n) is 7.62. The minimum atomic E-state index is 0.118. The third kappa shape index (κ3) is 3.22. The van der Waals surface area contributed by atoms with Gasteiger partial charge in [0.2, 0.25) is 5.91 Å². The monoisotopic (exact) mass is 302 g/mol. The summed E-state index contributed by atoms with van der Waals surface area (Å²) in [5, 5.41) is 4.24. The van der Waals surface area contributed by atoms with Crippen molar-refractivity contribution >= 4 is 5.91 Å². The molecule has 0 bridgehead atoms. The van der Waals surface area contributed by atoms with Crippen LogP contribution in [0.4, 0.5) is 0 Å². The lowest BCUT2D eigenvalue weighted by atomic mass is 10.1. The number of aromatic nitrogens is 2. The van der Waals surface area contributed by atoms with Gasteiger partial charge in [0.05, 0.1) is 25.5 Å². The lowest BCUT2D eigenvalue weighted by Crippen LogP contribution is -2.37. The summed E-state index contributed by atoms with van der Waals surface area (Å²) in [6.07, 6.45) is 7.78. The first-order valence-corrected chi connectivity index (χ1v) is 7.62. The molecule has 0 unspecified atom stereocenters. The number of hydrogen-bond donors (Lipinski definition) is 0. The number of carbonyl (C=O) groups is 1. The average molecular weight is 302 g/mol. The van der Waals surface area contributed by atoms with Gasteiger partial charge in [0, 0.05) is 31.9 Å². The SMILES string of the molecule is CN(Cc1ccco1)C(=O)CN1CCC[C@@H]1c1cnn(C)c1. The molecule has 0 saturated carbocycles. The predicted molar refractivity (Wildman–Crippen MR) is 81.9 cm³/mol. The van der Waals surface area contributed by atoms with Crippen LogP contribution in [0.3, 0.4) is 0 Å². The number of hydrogen-bond acceptors (Lipinski definition) is 4. The van der Waals surface area contributed by atoms with Crippen LogP contribution in [0, 0.1) is 0 Å². The molecule has 3 rings (SSSR count). The molecule has 1 fully saturated rings. The van der Waals surface area contributed by atoms with Crippen LogP contribution in [0.15, 0.2) is 35.2 Å². The number of aryl methyl sites for hydroxylation is 1. The minimum absolute atomic E-state index is 0.118. The molecule has 0 aliphatic carbocycles. The number of nitrogens with zero attached hydrogens (tertiary/aromatic N) is 4. The van der Waals surface area contributed by atoms with E-state index in [0.717, 1.165) is 25.1 Å². The lowest BCUT2D eigenvalue weighted by molar-refractivity contribution is -0.132. The van der Waals surface area contributed by atoms with Gasteiger partial charge in [-0.3, -0.25) is 14.4 Å². The predicted octanol–water partition coefficient (Wildman–Crippen LogP) is 1.81. The van der Waals surface area contributed by atoms with E-state index in [1.54, 1.807) is 11.2 Å². The van der Waals surface area contributed by atoms with Gasteiger partial charge >= 0.3 is 0 Å². The topological polar surface area (TPSA) is 54.5 Å². The highest BCUT2D eigenvalue weighted by molar-refractivity contribution is 5.78. The largest absolute Gasteiger partial charge is 0.467 e. The van der Waals surface area contributed by atoms with E-state index in [1.807, 2.05) is 43.3 Å². The van der Waals surface area contributed by atoms with Crippen LogP contribution in [0.1, 0.15) is 30.2 Å². The van der Waals surface area contributed by atoms with Gasteiger partial charge in [-0.05, 0) is 31.5 Å². The van der Waals surface area contributed by atoms with E-state index in [-0.39, 0.29) is 5.91 Å². The molecular weight excluding hydrogens is 280 g/mol. The van der Waals surface area contributed by atoms with E-state index in [4.69, 9.17) is 4.42 Å². The number of carbonyl (C=O) groups excluding carboxylic acids is 1. The Morgan fingerprint density at radius 3 is 3.09 bits per heavy atom. The van der Waals surface area contributed by atoms with Crippen LogP contribution < -0.4 is 0 Å². The van der Waals surface area contributed by atoms with Crippen molar-refractivity contribution in [3.8, 4) is 0 Å². The van der Waals surface area contributed by atoms with Crippen molar-refractivity contribution < 1.29 is 9.21 Å². The van der Waals surface area contributed by atoms with Gasteiger partial charge in [0.1, 0.15) is 5.76 Å². The highest BCUT2D eigenvalue weighted by atomic mass is 16.3. The van der Waals surface area contributed by atoms with Crippen molar-refractivity contribution in [1.82, 2.24) is 19.6 Å². The molecule has 0 spiro atoms. The summed E-state index contributed by atoms with van der Waals surface area (Å²) in [7, 11) is 3.74. The van der Waals surface area contributed by atoms with Gasteiger partial charge in [-0.25, -0.2) is 0 Å². The van der Waals surface area contributed by atoms with E-state index >= 15 is 0 Å². The van der Waals surface area contributed by atoms with Crippen LogP contribution in [0.25, 0.3) is 0 Å². The summed E-state index contributed by atoms with van der Waals surface area (Å²) >= 11 is 0. The minimum Gasteiger partial charge on any atom is -0.467 e. The Morgan fingerprint density at radius 1 is 1.55 bits per heavy atom. The maximum absolute atomic E-state index is 12.4. The zero-order valence-corrected chi connectivity index (χ0v) is 13.1. The van der Waals surface area contributed by atoms with E-state index in [1.165, 1.54) is 5.56 Å². The van der Waals surface area contributed by atoms with E-state index in [9.17, 15) is 4.79 Å². The molecule has 3 heterocycles. The molecule has 1 atom stereocenters. The van der Waals surface area contributed by atoms with E-state index in [2.05, 4.69) is 10.00 Å². The Labute approximate surface area is 130 Å². The summed E-state index contributed by atoms with van der Waals surface area (Å²) in [6.45, 7) is 1.91. The molecule has 1 aliphatic rings. The molecule has 6 nitrogen and oxygen atoms in total. The molecular formula is C16H22N4O2. The summed E-state index contributed by atoms with van der Waals surface area (Å²) in [5.74, 6) is 0.924. The molecule has 1 saturated heterocycles. The Morgan fingerprint density at radius 2 is 2.41 bits per heavy atom.